The first-order valence-corrected chi connectivity index (χ1v) is 14.5. The Bertz CT molecular complexity index is 1410. The zero-order chi connectivity index (χ0) is 31.3. The molecule has 0 saturated heterocycles. The summed E-state index contributed by atoms with van der Waals surface area (Å²) in [5.74, 6) is 0.144. The van der Waals surface area contributed by atoms with E-state index < -0.39 is 38.4 Å². The molecule has 1 aliphatic rings. The zero-order valence-corrected chi connectivity index (χ0v) is 25.0. The quantitative estimate of drug-likeness (QED) is 0.376. The van der Waals surface area contributed by atoms with Gasteiger partial charge in [-0.2, -0.15) is 17.5 Å². The predicted octanol–water partition coefficient (Wildman–Crippen LogP) is 4.00. The highest BCUT2D eigenvalue weighted by molar-refractivity contribution is 7.89. The second kappa shape index (κ2) is 13.2. The van der Waals surface area contributed by atoms with Crippen LogP contribution in [0, 0.1) is 0 Å². The van der Waals surface area contributed by atoms with E-state index in [1.54, 1.807) is 40.0 Å². The molecule has 10 nitrogen and oxygen atoms in total. The summed E-state index contributed by atoms with van der Waals surface area (Å²) in [6.45, 7) is 5.73. The van der Waals surface area contributed by atoms with E-state index in [4.69, 9.17) is 9.47 Å². The molecule has 0 aromatic heterocycles. The van der Waals surface area contributed by atoms with Gasteiger partial charge in [-0.3, -0.25) is 14.7 Å². The van der Waals surface area contributed by atoms with Crippen LogP contribution in [0.4, 0.5) is 18.0 Å². The van der Waals surface area contributed by atoms with E-state index in [1.165, 1.54) is 15.9 Å². The van der Waals surface area contributed by atoms with Crippen molar-refractivity contribution in [1.82, 2.24) is 14.1 Å². The Balaban J connectivity index is 1.49. The topological polar surface area (TPSA) is 109 Å². The minimum Gasteiger partial charge on any atom is -0.443 e. The molecule has 1 heterocycles. The van der Waals surface area contributed by atoms with Crippen molar-refractivity contribution in [3.05, 3.63) is 65.2 Å². The summed E-state index contributed by atoms with van der Waals surface area (Å²) in [7, 11) is -1.71. The standard InChI is InChI=1S/C28H35F3N4O6S/c1-27(2,3)41-26(37)35-15-14-32-25(35)21-12-10-20(11-13-21)18-33(4)24(36)19-40-17-16-34(5)42(38,39)23-9-7-6-8-22(23)28(29,30)31/h6-13H,14-19H2,1-5H3. The average Bonchev–Trinajstić information content (AvgIpc) is 3.40. The van der Waals surface area contributed by atoms with Gasteiger partial charge in [0.05, 0.1) is 30.2 Å². The number of nitrogens with zero attached hydrogens (tertiary/aromatic N) is 4. The van der Waals surface area contributed by atoms with Crippen molar-refractivity contribution in [2.75, 3.05) is 46.9 Å². The number of likely N-dealkylation sites (N-methyl/N-ethyl adjacent to an activating group) is 2. The number of sulfonamides is 1. The first-order valence-electron chi connectivity index (χ1n) is 13.1. The van der Waals surface area contributed by atoms with Crippen molar-refractivity contribution in [2.45, 2.75) is 44.0 Å². The van der Waals surface area contributed by atoms with Gasteiger partial charge in [0.15, 0.2) is 0 Å². The molecule has 0 fully saturated rings. The van der Waals surface area contributed by atoms with Crippen LogP contribution in [-0.4, -0.2) is 92.9 Å². The lowest BCUT2D eigenvalue weighted by Gasteiger charge is -2.25. The second-order valence-corrected chi connectivity index (χ2v) is 12.7. The van der Waals surface area contributed by atoms with Crippen LogP contribution >= 0.6 is 0 Å². The maximum Gasteiger partial charge on any atom is 0.417 e. The summed E-state index contributed by atoms with van der Waals surface area (Å²) in [6.07, 6.45) is -5.30. The molecule has 0 saturated carbocycles. The Hall–Kier alpha value is -3.49. The van der Waals surface area contributed by atoms with Gasteiger partial charge in [-0.1, -0.05) is 36.4 Å². The number of carbonyl (C=O) groups is 2. The molecule has 2 aromatic rings. The number of aliphatic imine (C=N–C) groups is 1. The van der Waals surface area contributed by atoms with Crippen molar-refractivity contribution in [3.8, 4) is 0 Å². The number of amides is 2. The van der Waals surface area contributed by atoms with E-state index in [0.29, 0.717) is 25.0 Å². The summed E-state index contributed by atoms with van der Waals surface area (Å²) in [4.78, 5) is 31.6. The maximum atomic E-state index is 13.3. The number of amidine groups is 1. The van der Waals surface area contributed by atoms with Gasteiger partial charge in [-0.05, 0) is 38.5 Å². The van der Waals surface area contributed by atoms with E-state index in [2.05, 4.69) is 4.99 Å². The molecule has 0 unspecified atom stereocenters. The third-order valence-electron chi connectivity index (χ3n) is 6.17. The highest BCUT2D eigenvalue weighted by atomic mass is 32.2. The van der Waals surface area contributed by atoms with Crippen molar-refractivity contribution < 1.29 is 40.7 Å². The Morgan fingerprint density at radius 1 is 1.02 bits per heavy atom. The minimum absolute atomic E-state index is 0.200. The fraction of sp³-hybridized carbons (Fsp3) is 0.464. The Labute approximate surface area is 243 Å². The molecule has 14 heteroatoms. The van der Waals surface area contributed by atoms with Crippen LogP contribution in [0.25, 0.3) is 0 Å². The second-order valence-electron chi connectivity index (χ2n) is 10.7. The molecule has 1 aliphatic heterocycles. The van der Waals surface area contributed by atoms with Gasteiger partial charge in [-0.25, -0.2) is 13.2 Å². The van der Waals surface area contributed by atoms with E-state index in [-0.39, 0.29) is 32.2 Å². The molecule has 42 heavy (non-hydrogen) atoms. The lowest BCUT2D eigenvalue weighted by molar-refractivity contribution is -0.140. The maximum absolute atomic E-state index is 13.3. The molecular formula is C28H35F3N4O6S. The molecule has 0 N–H and O–H groups in total. The summed E-state index contributed by atoms with van der Waals surface area (Å²) >= 11 is 0. The summed E-state index contributed by atoms with van der Waals surface area (Å²) < 4.78 is 76.8. The predicted molar refractivity (Wildman–Crippen MR) is 149 cm³/mol. The van der Waals surface area contributed by atoms with E-state index >= 15 is 0 Å². The molecule has 3 rings (SSSR count). The number of rotatable bonds is 10. The van der Waals surface area contributed by atoms with Crippen molar-refractivity contribution >= 4 is 27.9 Å². The number of carbonyl (C=O) groups excluding carboxylic acids is 2. The number of ether oxygens (including phenoxy) is 2. The third kappa shape index (κ3) is 8.52. The first kappa shape index (κ1) is 33.0. The first-order chi connectivity index (χ1) is 19.5. The molecule has 230 valence electrons. The van der Waals surface area contributed by atoms with E-state index in [1.807, 2.05) is 12.1 Å². The largest absolute Gasteiger partial charge is 0.443 e. The summed E-state index contributed by atoms with van der Waals surface area (Å²) in [6, 6.07) is 11.2. The van der Waals surface area contributed by atoms with Crippen molar-refractivity contribution in [3.63, 3.8) is 0 Å². The van der Waals surface area contributed by atoms with Crippen LogP contribution in [-0.2, 0) is 37.0 Å². The number of hydrogen-bond donors (Lipinski definition) is 0. The molecular weight excluding hydrogens is 577 g/mol. The Morgan fingerprint density at radius 3 is 2.29 bits per heavy atom. The van der Waals surface area contributed by atoms with Crippen LogP contribution in [0.3, 0.4) is 0 Å². The zero-order valence-electron chi connectivity index (χ0n) is 24.1. The SMILES string of the molecule is CN(Cc1ccc(C2=NCCN2C(=O)OC(C)(C)C)cc1)C(=O)COCCN(C)S(=O)(=O)c1ccccc1C(F)(F)F. The van der Waals surface area contributed by atoms with Gasteiger partial charge in [0.25, 0.3) is 0 Å². The summed E-state index contributed by atoms with van der Waals surface area (Å²) in [5.41, 5.74) is -0.340. The van der Waals surface area contributed by atoms with Gasteiger partial charge in [-0.15, -0.1) is 0 Å². The fourth-order valence-corrected chi connectivity index (χ4v) is 5.35. The molecule has 2 amide bonds. The molecule has 2 aromatic carbocycles. The van der Waals surface area contributed by atoms with Crippen LogP contribution < -0.4 is 0 Å². The van der Waals surface area contributed by atoms with Crippen molar-refractivity contribution in [1.29, 1.82) is 0 Å². The molecule has 0 spiro atoms. The monoisotopic (exact) mass is 612 g/mol. The van der Waals surface area contributed by atoms with Crippen LogP contribution in [0.2, 0.25) is 0 Å². The average molecular weight is 613 g/mol. The van der Waals surface area contributed by atoms with Gasteiger partial charge in [0.1, 0.15) is 18.0 Å². The molecule has 0 aliphatic carbocycles. The number of halogens is 3. The lowest BCUT2D eigenvalue weighted by atomic mass is 10.1. The minimum atomic E-state index is -4.83. The van der Waals surface area contributed by atoms with E-state index in [0.717, 1.165) is 34.6 Å². The van der Waals surface area contributed by atoms with Gasteiger partial charge in [0.2, 0.25) is 15.9 Å². The van der Waals surface area contributed by atoms with Crippen LogP contribution in [0.1, 0.15) is 37.5 Å². The number of benzene rings is 2. The van der Waals surface area contributed by atoms with E-state index in [9.17, 15) is 31.2 Å². The smallest absolute Gasteiger partial charge is 0.417 e. The van der Waals surface area contributed by atoms with Gasteiger partial charge >= 0.3 is 12.3 Å². The highest BCUT2D eigenvalue weighted by Gasteiger charge is 2.38. The van der Waals surface area contributed by atoms with Crippen molar-refractivity contribution in [2.24, 2.45) is 4.99 Å². The molecule has 0 radical (unpaired) electrons. The Morgan fingerprint density at radius 2 is 1.67 bits per heavy atom. The number of hydrogen-bond acceptors (Lipinski definition) is 7. The fourth-order valence-electron chi connectivity index (χ4n) is 3.99. The van der Waals surface area contributed by atoms with Gasteiger partial charge in [0, 0.05) is 32.7 Å². The van der Waals surface area contributed by atoms with Gasteiger partial charge < -0.3 is 14.4 Å². The Kier molecular flexibility index (Phi) is 10.4. The highest BCUT2D eigenvalue weighted by Crippen LogP contribution is 2.34. The number of alkyl halides is 3. The summed E-state index contributed by atoms with van der Waals surface area (Å²) in [5, 5.41) is 0. The lowest BCUT2D eigenvalue weighted by Crippen LogP contribution is -2.39. The van der Waals surface area contributed by atoms with Crippen LogP contribution in [0.15, 0.2) is 58.4 Å². The molecule has 0 atom stereocenters. The third-order valence-corrected chi connectivity index (χ3v) is 8.08. The molecule has 0 bridgehead atoms. The normalized spacial score (nSPS) is 14.2. The van der Waals surface area contributed by atoms with Crippen LogP contribution in [0.5, 0.6) is 0 Å².